The predicted molar refractivity (Wildman–Crippen MR) is 116 cm³/mol. The van der Waals surface area contributed by atoms with Crippen molar-refractivity contribution in [1.29, 1.82) is 0 Å². The molecular weight excluding hydrogens is 382 g/mol. The van der Waals surface area contributed by atoms with E-state index in [2.05, 4.69) is 22.8 Å². The molecule has 0 radical (unpaired) electrons. The van der Waals surface area contributed by atoms with Crippen molar-refractivity contribution in [2.75, 3.05) is 6.54 Å². The van der Waals surface area contributed by atoms with E-state index in [1.807, 2.05) is 60.7 Å². The van der Waals surface area contributed by atoms with Gasteiger partial charge in [0.1, 0.15) is 5.75 Å². The molecule has 0 bridgehead atoms. The zero-order valence-corrected chi connectivity index (χ0v) is 16.7. The van der Waals surface area contributed by atoms with E-state index < -0.39 is 6.61 Å². The van der Waals surface area contributed by atoms with Gasteiger partial charge in [-0.25, -0.2) is 0 Å². The molecule has 0 aliphatic carbocycles. The molecule has 2 atom stereocenters. The maximum atomic E-state index is 12.9. The zero-order chi connectivity index (χ0) is 20.8. The summed E-state index contributed by atoms with van der Waals surface area (Å²) in [5.74, 6) is 0.220. The Kier molecular flexibility index (Phi) is 6.72. The lowest BCUT2D eigenvalue weighted by molar-refractivity contribution is -0.0505. The molecule has 0 aromatic heterocycles. The lowest BCUT2D eigenvalue weighted by Crippen LogP contribution is -2.45. The van der Waals surface area contributed by atoms with Crippen LogP contribution >= 0.6 is 0 Å². The molecule has 30 heavy (non-hydrogen) atoms. The maximum absolute atomic E-state index is 12.9. The van der Waals surface area contributed by atoms with Crippen LogP contribution < -0.4 is 15.4 Å². The highest BCUT2D eigenvalue weighted by Crippen LogP contribution is 2.29. The molecule has 1 saturated heterocycles. The Morgan fingerprint density at radius 1 is 0.933 bits per heavy atom. The minimum absolute atomic E-state index is 0.191. The molecule has 1 fully saturated rings. The Morgan fingerprint density at radius 2 is 1.67 bits per heavy atom. The summed E-state index contributed by atoms with van der Waals surface area (Å²) in [5.41, 5.74) is 3.99. The number of benzene rings is 3. The molecule has 4 rings (SSSR count). The first-order chi connectivity index (χ1) is 14.7. The minimum Gasteiger partial charge on any atom is -0.434 e. The molecule has 3 aromatic carbocycles. The summed E-state index contributed by atoms with van der Waals surface area (Å²) in [6.45, 7) is -1.42. The van der Waals surface area contributed by atoms with Crippen molar-refractivity contribution < 1.29 is 13.5 Å². The Hall–Kier alpha value is -2.76. The summed E-state index contributed by atoms with van der Waals surface area (Å²) in [5, 5.41) is 7.18. The fourth-order valence-electron chi connectivity index (χ4n) is 4.10. The summed E-state index contributed by atoms with van der Waals surface area (Å²) >= 11 is 0. The van der Waals surface area contributed by atoms with Crippen LogP contribution in [-0.2, 0) is 6.54 Å². The molecule has 2 N–H and O–H groups in total. The molecule has 0 spiro atoms. The van der Waals surface area contributed by atoms with Crippen LogP contribution in [0.1, 0.15) is 30.0 Å². The van der Waals surface area contributed by atoms with Crippen LogP contribution in [0.25, 0.3) is 11.1 Å². The molecule has 1 heterocycles. The smallest absolute Gasteiger partial charge is 0.387 e. The van der Waals surface area contributed by atoms with Crippen LogP contribution in [0.2, 0.25) is 0 Å². The fourth-order valence-corrected chi connectivity index (χ4v) is 4.10. The van der Waals surface area contributed by atoms with E-state index in [0.717, 1.165) is 36.1 Å². The number of alkyl halides is 2. The minimum atomic E-state index is -2.85. The van der Waals surface area contributed by atoms with E-state index in [1.54, 1.807) is 6.07 Å². The Morgan fingerprint density at radius 3 is 2.40 bits per heavy atom. The largest absolute Gasteiger partial charge is 0.434 e. The average Bonchev–Trinajstić information content (AvgIpc) is 2.79. The number of hydrogen-bond donors (Lipinski definition) is 2. The normalized spacial score (nSPS) is 19.0. The van der Waals surface area contributed by atoms with Gasteiger partial charge in [0.15, 0.2) is 0 Å². The molecule has 2 unspecified atom stereocenters. The number of ether oxygens (including phenoxy) is 1. The van der Waals surface area contributed by atoms with Crippen molar-refractivity contribution >= 4 is 0 Å². The lowest BCUT2D eigenvalue weighted by Gasteiger charge is -2.34. The van der Waals surface area contributed by atoms with Crippen molar-refractivity contribution in [3.8, 4) is 16.9 Å². The molecular formula is C25H26F2N2O. The van der Waals surface area contributed by atoms with Gasteiger partial charge in [0.2, 0.25) is 0 Å². The van der Waals surface area contributed by atoms with E-state index in [9.17, 15) is 8.78 Å². The molecule has 156 valence electrons. The molecule has 3 aromatic rings. The van der Waals surface area contributed by atoms with Crippen LogP contribution in [-0.4, -0.2) is 19.2 Å². The second-order valence-electron chi connectivity index (χ2n) is 7.54. The number of hydrogen-bond acceptors (Lipinski definition) is 3. The third-order valence-corrected chi connectivity index (χ3v) is 5.56. The van der Waals surface area contributed by atoms with E-state index in [4.69, 9.17) is 4.74 Å². The third-order valence-electron chi connectivity index (χ3n) is 5.56. The van der Waals surface area contributed by atoms with Crippen LogP contribution in [0, 0.1) is 0 Å². The number of halogens is 2. The standard InChI is InChI=1S/C25H26F2N2O/c26-25(27)30-23-14-13-20(18-8-3-1-4-9-18)16-21(23)17-29-22-12-7-15-28-24(22)19-10-5-2-6-11-19/h1-6,8-11,13-14,16,22,24-25,28-29H,7,12,15,17H2. The molecule has 1 aliphatic rings. The van der Waals surface area contributed by atoms with Gasteiger partial charge in [-0.15, -0.1) is 0 Å². The van der Waals surface area contributed by atoms with Crippen molar-refractivity contribution in [1.82, 2.24) is 10.6 Å². The summed E-state index contributed by atoms with van der Waals surface area (Å²) in [6.07, 6.45) is 2.10. The van der Waals surface area contributed by atoms with E-state index in [1.165, 1.54) is 5.56 Å². The van der Waals surface area contributed by atoms with E-state index >= 15 is 0 Å². The first-order valence-corrected chi connectivity index (χ1v) is 10.4. The molecule has 0 amide bonds. The maximum Gasteiger partial charge on any atom is 0.387 e. The van der Waals surface area contributed by atoms with Gasteiger partial charge in [0.25, 0.3) is 0 Å². The van der Waals surface area contributed by atoms with Gasteiger partial charge in [-0.05, 0) is 48.2 Å². The van der Waals surface area contributed by atoms with Gasteiger partial charge in [0.05, 0.1) is 0 Å². The third kappa shape index (κ3) is 5.04. The van der Waals surface area contributed by atoms with Gasteiger partial charge in [-0.2, -0.15) is 8.78 Å². The van der Waals surface area contributed by atoms with Crippen LogP contribution in [0.15, 0.2) is 78.9 Å². The van der Waals surface area contributed by atoms with E-state index in [0.29, 0.717) is 6.54 Å². The zero-order valence-electron chi connectivity index (χ0n) is 16.7. The quantitative estimate of drug-likeness (QED) is 0.539. The highest BCUT2D eigenvalue weighted by molar-refractivity contribution is 5.65. The highest BCUT2D eigenvalue weighted by Gasteiger charge is 2.26. The first kappa shape index (κ1) is 20.5. The number of nitrogens with one attached hydrogen (secondary N) is 2. The SMILES string of the molecule is FC(F)Oc1ccc(-c2ccccc2)cc1CNC1CCCNC1c1ccccc1. The van der Waals surface area contributed by atoms with Crippen molar-refractivity contribution in [3.05, 3.63) is 90.0 Å². The summed E-state index contributed by atoms with van der Waals surface area (Å²) in [7, 11) is 0. The van der Waals surface area contributed by atoms with Gasteiger partial charge in [-0.3, -0.25) is 0 Å². The summed E-state index contributed by atoms with van der Waals surface area (Å²) in [4.78, 5) is 0. The first-order valence-electron chi connectivity index (χ1n) is 10.4. The van der Waals surface area contributed by atoms with Crippen molar-refractivity contribution in [2.24, 2.45) is 0 Å². The van der Waals surface area contributed by atoms with Crippen LogP contribution in [0.4, 0.5) is 8.78 Å². The van der Waals surface area contributed by atoms with Crippen molar-refractivity contribution in [2.45, 2.75) is 38.1 Å². The van der Waals surface area contributed by atoms with E-state index in [-0.39, 0.29) is 17.8 Å². The van der Waals surface area contributed by atoms with Crippen LogP contribution in [0.5, 0.6) is 5.75 Å². The number of piperidine rings is 1. The van der Waals surface area contributed by atoms with Gasteiger partial charge in [-0.1, -0.05) is 66.7 Å². The Labute approximate surface area is 176 Å². The Bertz CT molecular complexity index is 934. The van der Waals surface area contributed by atoms with Gasteiger partial charge in [0, 0.05) is 24.2 Å². The molecule has 5 heteroatoms. The number of rotatable bonds is 7. The lowest BCUT2D eigenvalue weighted by atomic mass is 9.92. The van der Waals surface area contributed by atoms with Gasteiger partial charge >= 0.3 is 6.61 Å². The second-order valence-corrected chi connectivity index (χ2v) is 7.54. The predicted octanol–water partition coefficient (Wildman–Crippen LogP) is 5.54. The summed E-state index contributed by atoms with van der Waals surface area (Å²) in [6, 6.07) is 26.1. The van der Waals surface area contributed by atoms with Crippen LogP contribution in [0.3, 0.4) is 0 Å². The Balaban J connectivity index is 1.55. The topological polar surface area (TPSA) is 33.3 Å². The molecule has 0 saturated carbocycles. The van der Waals surface area contributed by atoms with Crippen molar-refractivity contribution in [3.63, 3.8) is 0 Å². The second kappa shape index (κ2) is 9.83. The highest BCUT2D eigenvalue weighted by atomic mass is 19.3. The average molecular weight is 408 g/mol. The monoisotopic (exact) mass is 408 g/mol. The molecule has 3 nitrogen and oxygen atoms in total. The summed E-state index contributed by atoms with van der Waals surface area (Å²) < 4.78 is 30.7. The van der Waals surface area contributed by atoms with Gasteiger partial charge < -0.3 is 15.4 Å². The fraction of sp³-hybridized carbons (Fsp3) is 0.280. The molecule has 1 aliphatic heterocycles.